The molecule has 1 fully saturated rings. The Balaban J connectivity index is 1.74. The third-order valence-electron chi connectivity index (χ3n) is 3.92. The predicted octanol–water partition coefficient (Wildman–Crippen LogP) is 3.27. The minimum absolute atomic E-state index is 0.0217. The highest BCUT2D eigenvalue weighted by atomic mass is 32.2. The zero-order valence-corrected chi connectivity index (χ0v) is 15.2. The number of amides is 1. The van der Waals surface area contributed by atoms with Crippen molar-refractivity contribution >= 4 is 29.0 Å². The van der Waals surface area contributed by atoms with Crippen molar-refractivity contribution in [2.75, 3.05) is 11.6 Å². The van der Waals surface area contributed by atoms with Crippen LogP contribution in [0.15, 0.2) is 24.3 Å². The van der Waals surface area contributed by atoms with E-state index in [1.807, 2.05) is 13.8 Å². The number of aryl methyl sites for hydroxylation is 2. The van der Waals surface area contributed by atoms with Crippen molar-refractivity contribution in [3.8, 4) is 10.6 Å². The van der Waals surface area contributed by atoms with Crippen molar-refractivity contribution < 1.29 is 4.79 Å². The summed E-state index contributed by atoms with van der Waals surface area (Å²) in [6.45, 7) is 6.12. The number of carbonyl (C=O) groups is 1. The summed E-state index contributed by atoms with van der Waals surface area (Å²) in [6, 6.07) is 8.29. The molecule has 6 heteroatoms. The molecule has 2 heterocycles. The van der Waals surface area contributed by atoms with E-state index in [0.717, 1.165) is 32.8 Å². The number of hydrogen-bond acceptors (Lipinski definition) is 5. The number of rotatable bonds is 4. The van der Waals surface area contributed by atoms with Crippen LogP contribution >= 0.6 is 23.1 Å². The molecule has 2 aromatic rings. The fourth-order valence-electron chi connectivity index (χ4n) is 2.57. The van der Waals surface area contributed by atoms with Crippen molar-refractivity contribution in [2.24, 2.45) is 0 Å². The van der Waals surface area contributed by atoms with Gasteiger partial charge in [0.05, 0.1) is 22.7 Å². The molecule has 0 bridgehead atoms. The molecule has 1 amide bonds. The molecule has 122 valence electrons. The quantitative estimate of drug-likeness (QED) is 0.891. The van der Waals surface area contributed by atoms with Crippen molar-refractivity contribution in [1.29, 1.82) is 0 Å². The molecule has 23 heavy (non-hydrogen) atoms. The number of thioether (sulfide) groups is 1. The van der Waals surface area contributed by atoms with E-state index >= 15 is 0 Å². The fraction of sp³-hybridized carbons (Fsp3) is 0.412. The van der Waals surface area contributed by atoms with Gasteiger partial charge in [0.2, 0.25) is 5.91 Å². The molecule has 0 aliphatic carbocycles. The normalized spacial score (nSPS) is 18.8. The first-order valence-corrected chi connectivity index (χ1v) is 9.67. The second-order valence-corrected chi connectivity index (χ2v) is 7.90. The molecule has 1 aromatic heterocycles. The van der Waals surface area contributed by atoms with Crippen LogP contribution < -0.4 is 10.6 Å². The van der Waals surface area contributed by atoms with E-state index < -0.39 is 0 Å². The Morgan fingerprint density at radius 1 is 1.35 bits per heavy atom. The number of nitrogens with one attached hydrogen (secondary N) is 2. The molecule has 3 rings (SSSR count). The molecular formula is C17H21N3OS2. The Morgan fingerprint density at radius 3 is 2.74 bits per heavy atom. The van der Waals surface area contributed by atoms with Gasteiger partial charge in [0.1, 0.15) is 5.01 Å². The maximum Gasteiger partial charge on any atom is 0.238 e. The summed E-state index contributed by atoms with van der Waals surface area (Å²) in [5.41, 5.74) is 3.36. The number of aromatic nitrogens is 1. The number of thiazole rings is 1. The molecule has 0 saturated carbocycles. The van der Waals surface area contributed by atoms with Crippen molar-refractivity contribution in [3.63, 3.8) is 0 Å². The summed E-state index contributed by atoms with van der Waals surface area (Å²) in [4.78, 5) is 18.1. The Morgan fingerprint density at radius 2 is 2.09 bits per heavy atom. The van der Waals surface area contributed by atoms with E-state index in [-0.39, 0.29) is 18.0 Å². The predicted molar refractivity (Wildman–Crippen MR) is 97.8 cm³/mol. The highest BCUT2D eigenvalue weighted by Gasteiger charge is 2.25. The maximum absolute atomic E-state index is 12.3. The molecule has 2 atom stereocenters. The van der Waals surface area contributed by atoms with Gasteiger partial charge in [-0.3, -0.25) is 10.1 Å². The van der Waals surface area contributed by atoms with Gasteiger partial charge in [-0.1, -0.05) is 29.8 Å². The molecule has 4 nitrogen and oxygen atoms in total. The lowest BCUT2D eigenvalue weighted by molar-refractivity contribution is -0.123. The summed E-state index contributed by atoms with van der Waals surface area (Å²) < 4.78 is 0. The Bertz CT molecular complexity index is 690. The van der Waals surface area contributed by atoms with Gasteiger partial charge in [0, 0.05) is 17.2 Å². The van der Waals surface area contributed by atoms with Crippen LogP contribution in [0.3, 0.4) is 0 Å². The second kappa shape index (κ2) is 7.03. The molecule has 1 saturated heterocycles. The summed E-state index contributed by atoms with van der Waals surface area (Å²) in [5, 5.41) is 7.32. The Hall–Kier alpha value is -1.37. The molecule has 1 aromatic carbocycles. The zero-order chi connectivity index (χ0) is 16.4. The van der Waals surface area contributed by atoms with E-state index in [0.29, 0.717) is 0 Å². The molecule has 1 aliphatic heterocycles. The fourth-order valence-corrected chi connectivity index (χ4v) is 4.59. The van der Waals surface area contributed by atoms with Gasteiger partial charge in [0.25, 0.3) is 0 Å². The number of hydrogen-bond donors (Lipinski definition) is 2. The molecule has 0 spiro atoms. The van der Waals surface area contributed by atoms with Gasteiger partial charge in [-0.05, 0) is 20.8 Å². The first kappa shape index (κ1) is 16.5. The topological polar surface area (TPSA) is 54.0 Å². The van der Waals surface area contributed by atoms with Crippen LogP contribution in [0.4, 0.5) is 0 Å². The van der Waals surface area contributed by atoms with Gasteiger partial charge < -0.3 is 5.32 Å². The number of carbonyl (C=O) groups excluding carboxylic acids is 1. The van der Waals surface area contributed by atoms with Crippen LogP contribution in [0.25, 0.3) is 10.6 Å². The van der Waals surface area contributed by atoms with Gasteiger partial charge in [-0.2, -0.15) is 0 Å². The minimum atomic E-state index is -0.0766. The molecule has 2 unspecified atom stereocenters. The van der Waals surface area contributed by atoms with Crippen molar-refractivity contribution in [3.05, 3.63) is 40.4 Å². The highest BCUT2D eigenvalue weighted by Crippen LogP contribution is 2.32. The first-order valence-electron chi connectivity index (χ1n) is 7.70. The third kappa shape index (κ3) is 3.76. The summed E-state index contributed by atoms with van der Waals surface area (Å²) >= 11 is 3.42. The number of nitrogens with zero attached hydrogens (tertiary/aromatic N) is 1. The number of benzene rings is 1. The van der Waals surface area contributed by atoms with E-state index in [1.54, 1.807) is 23.1 Å². The van der Waals surface area contributed by atoms with Crippen LogP contribution in [0.2, 0.25) is 0 Å². The highest BCUT2D eigenvalue weighted by molar-refractivity contribution is 7.99. The molecule has 2 N–H and O–H groups in total. The van der Waals surface area contributed by atoms with Crippen LogP contribution in [0.5, 0.6) is 0 Å². The average Bonchev–Trinajstić information content (AvgIpc) is 3.17. The van der Waals surface area contributed by atoms with Gasteiger partial charge in [-0.25, -0.2) is 4.98 Å². The zero-order valence-electron chi connectivity index (χ0n) is 13.6. The van der Waals surface area contributed by atoms with Crippen LogP contribution in [-0.4, -0.2) is 28.6 Å². The lowest BCUT2D eigenvalue weighted by Gasteiger charge is -2.16. The smallest absolute Gasteiger partial charge is 0.238 e. The standard InChI is InChI=1S/C17H21N3OS2/c1-10-4-6-13(7-5-10)17-20-12(3)15(23-17)11(2)19-16(21)14-8-22-9-18-14/h4-7,11,14,18H,8-9H2,1-3H3,(H,19,21). The van der Waals surface area contributed by atoms with Crippen LogP contribution in [0, 0.1) is 13.8 Å². The third-order valence-corrected chi connectivity index (χ3v) is 6.24. The maximum atomic E-state index is 12.3. The Labute approximate surface area is 145 Å². The van der Waals surface area contributed by atoms with E-state index in [4.69, 9.17) is 0 Å². The van der Waals surface area contributed by atoms with E-state index in [1.165, 1.54) is 5.56 Å². The molecule has 0 radical (unpaired) electrons. The minimum Gasteiger partial charge on any atom is -0.347 e. The largest absolute Gasteiger partial charge is 0.347 e. The van der Waals surface area contributed by atoms with Gasteiger partial charge >= 0.3 is 0 Å². The second-order valence-electron chi connectivity index (χ2n) is 5.84. The van der Waals surface area contributed by atoms with E-state index in [2.05, 4.69) is 46.8 Å². The van der Waals surface area contributed by atoms with E-state index in [9.17, 15) is 4.79 Å². The summed E-state index contributed by atoms with van der Waals surface area (Å²) in [6.07, 6.45) is 0. The summed E-state index contributed by atoms with van der Waals surface area (Å²) in [7, 11) is 0. The average molecular weight is 348 g/mol. The van der Waals surface area contributed by atoms with Crippen molar-refractivity contribution in [1.82, 2.24) is 15.6 Å². The van der Waals surface area contributed by atoms with Crippen LogP contribution in [-0.2, 0) is 4.79 Å². The van der Waals surface area contributed by atoms with Crippen LogP contribution in [0.1, 0.15) is 29.1 Å². The Kier molecular flexibility index (Phi) is 5.04. The molecular weight excluding hydrogens is 326 g/mol. The van der Waals surface area contributed by atoms with Crippen molar-refractivity contribution in [2.45, 2.75) is 32.9 Å². The van der Waals surface area contributed by atoms with Gasteiger partial charge in [-0.15, -0.1) is 23.1 Å². The van der Waals surface area contributed by atoms with Gasteiger partial charge in [0.15, 0.2) is 0 Å². The monoisotopic (exact) mass is 347 g/mol. The SMILES string of the molecule is Cc1ccc(-c2nc(C)c(C(C)NC(=O)C3CSCN3)s2)cc1. The first-order chi connectivity index (χ1) is 11.0. The lowest BCUT2D eigenvalue weighted by atomic mass is 10.2. The summed E-state index contributed by atoms with van der Waals surface area (Å²) in [5.74, 6) is 1.77. The molecule has 1 aliphatic rings. The lowest BCUT2D eigenvalue weighted by Crippen LogP contribution is -2.42.